The van der Waals surface area contributed by atoms with Gasteiger partial charge in [0.05, 0.1) is 18.5 Å². The highest BCUT2D eigenvalue weighted by Crippen LogP contribution is 2.28. The monoisotopic (exact) mass is 865 g/mol. The molecule has 1 aromatic heterocycles. The minimum atomic E-state index is -1.65. The first-order chi connectivity index (χ1) is 30.1. The van der Waals surface area contributed by atoms with Crippen LogP contribution in [0.4, 0.5) is 0 Å². The van der Waals surface area contributed by atoms with Crippen LogP contribution in [0.25, 0.3) is 10.9 Å². The van der Waals surface area contributed by atoms with Crippen LogP contribution in [0.5, 0.6) is 0 Å². The van der Waals surface area contributed by atoms with E-state index in [1.54, 1.807) is 27.0 Å². The third-order valence-electron chi connectivity index (χ3n) is 11.5. The molecule has 1 heterocycles. The molecule has 0 spiro atoms. The first-order valence-corrected chi connectivity index (χ1v) is 21.7. The van der Waals surface area contributed by atoms with E-state index in [1.165, 1.54) is 0 Å². The molecule has 3 aromatic carbocycles. The number of aldehydes is 1. The summed E-state index contributed by atoms with van der Waals surface area (Å²) in [7, 11) is 0. The Morgan fingerprint density at radius 2 is 1.14 bits per heavy atom. The number of aromatic nitrogens is 1. The Labute approximate surface area is 369 Å². The quantitative estimate of drug-likeness (QED) is 0.0472. The number of hydrogen-bond acceptors (Lipinski definition) is 8. The molecule has 0 unspecified atom stereocenters. The van der Waals surface area contributed by atoms with Crippen LogP contribution < -0.4 is 32.3 Å². The molecule has 15 nitrogen and oxygen atoms in total. The van der Waals surface area contributed by atoms with Gasteiger partial charge in [0.1, 0.15) is 30.5 Å². The van der Waals surface area contributed by atoms with Gasteiger partial charge in [-0.2, -0.15) is 0 Å². The van der Waals surface area contributed by atoms with Gasteiger partial charge in [-0.15, -0.1) is 0 Å². The van der Waals surface area contributed by atoms with Crippen LogP contribution in [0.15, 0.2) is 91.1 Å². The minimum absolute atomic E-state index is 0.118. The lowest BCUT2D eigenvalue weighted by Gasteiger charge is -2.31. The average Bonchev–Trinajstić information content (AvgIpc) is 3.68. The summed E-state index contributed by atoms with van der Waals surface area (Å²) in [6.07, 6.45) is 2.83. The zero-order chi connectivity index (χ0) is 46.2. The second-order valence-electron chi connectivity index (χ2n) is 16.7. The first kappa shape index (κ1) is 49.3. The van der Waals surface area contributed by atoms with Crippen LogP contribution in [0.2, 0.25) is 0 Å². The van der Waals surface area contributed by atoms with Gasteiger partial charge in [0.2, 0.25) is 29.5 Å². The molecule has 15 heteroatoms. The van der Waals surface area contributed by atoms with E-state index in [0.29, 0.717) is 19.1 Å². The fourth-order valence-corrected chi connectivity index (χ4v) is 7.55. The molecule has 0 saturated carbocycles. The fourth-order valence-electron chi connectivity index (χ4n) is 7.55. The lowest BCUT2D eigenvalue weighted by molar-refractivity contribution is -0.142. The maximum Gasteiger partial charge on any atom is 0.305 e. The number of para-hydroxylation sites is 1. The summed E-state index contributed by atoms with van der Waals surface area (Å²) < 4.78 is 0. The number of carbonyl (C=O) groups excluding carboxylic acids is 6. The number of rotatable bonds is 24. The third-order valence-corrected chi connectivity index (χ3v) is 11.5. The molecule has 0 bridgehead atoms. The molecule has 4 rings (SSSR count). The molecule has 0 aliphatic carbocycles. The molecular weight excluding hydrogens is 803 g/mol. The number of H-pyrrole nitrogens is 1. The van der Waals surface area contributed by atoms with Crippen LogP contribution in [-0.2, 0) is 40.0 Å². The number of aromatic amines is 1. The van der Waals surface area contributed by atoms with Gasteiger partial charge in [0, 0.05) is 29.4 Å². The summed E-state index contributed by atoms with van der Waals surface area (Å²) in [5.74, 6) is -6.65. The normalized spacial score (nSPS) is 15.2. The molecule has 0 aliphatic heterocycles. The van der Waals surface area contributed by atoms with E-state index in [0.717, 1.165) is 27.6 Å². The van der Waals surface area contributed by atoms with Gasteiger partial charge in [0.15, 0.2) is 0 Å². The van der Waals surface area contributed by atoms with E-state index in [-0.39, 0.29) is 18.8 Å². The van der Waals surface area contributed by atoms with Crippen molar-refractivity contribution in [3.63, 3.8) is 0 Å². The molecular formula is C48H63N7O8. The number of nitrogens with two attached hydrogens (primary N) is 1. The topological polar surface area (TPSA) is 242 Å². The number of carboxylic acid groups (broad SMARTS) is 1. The van der Waals surface area contributed by atoms with E-state index < -0.39 is 95.9 Å². The van der Waals surface area contributed by atoms with E-state index in [2.05, 4.69) is 31.6 Å². The van der Waals surface area contributed by atoms with E-state index in [1.807, 2.05) is 106 Å². The van der Waals surface area contributed by atoms with Gasteiger partial charge >= 0.3 is 5.97 Å². The van der Waals surface area contributed by atoms with Gasteiger partial charge < -0.3 is 47.2 Å². The number of benzene rings is 3. The van der Waals surface area contributed by atoms with Gasteiger partial charge in [-0.1, -0.05) is 133 Å². The van der Waals surface area contributed by atoms with Crippen molar-refractivity contribution in [2.24, 2.45) is 23.5 Å². The van der Waals surface area contributed by atoms with Crippen molar-refractivity contribution < 1.29 is 38.7 Å². The van der Waals surface area contributed by atoms with Crippen molar-refractivity contribution in [2.75, 3.05) is 0 Å². The Balaban J connectivity index is 1.50. The maximum atomic E-state index is 14.1. The Kier molecular flexibility index (Phi) is 18.6. The van der Waals surface area contributed by atoms with Crippen molar-refractivity contribution in [3.05, 3.63) is 108 Å². The SMILES string of the molecule is CC[C@H](C)[C@H](NC(=O)[C@H](CC(=O)O)NC(=O)[C@H](CC(C)C)NC(=O)[C@H](N)C(c1ccccc1)c1ccccc1)C(=O)N[C@H](C(=O)N[C@H](C=O)Cc1c[nH]c2ccccc12)[C@@H](C)CC. The Morgan fingerprint density at radius 1 is 0.651 bits per heavy atom. The molecule has 5 amide bonds. The number of nitrogens with one attached hydrogen (secondary N) is 6. The van der Waals surface area contributed by atoms with Crippen molar-refractivity contribution in [2.45, 2.75) is 116 Å². The Morgan fingerprint density at radius 3 is 1.67 bits per heavy atom. The predicted octanol–water partition coefficient (Wildman–Crippen LogP) is 4.11. The molecule has 338 valence electrons. The van der Waals surface area contributed by atoms with Crippen LogP contribution in [0, 0.1) is 17.8 Å². The largest absolute Gasteiger partial charge is 0.481 e. The van der Waals surface area contributed by atoms with Gasteiger partial charge in [-0.25, -0.2) is 0 Å². The molecule has 0 saturated heterocycles. The molecule has 63 heavy (non-hydrogen) atoms. The van der Waals surface area contributed by atoms with Crippen molar-refractivity contribution in [3.8, 4) is 0 Å². The number of hydrogen-bond donors (Lipinski definition) is 8. The van der Waals surface area contributed by atoms with Gasteiger partial charge in [-0.3, -0.25) is 28.8 Å². The summed E-state index contributed by atoms with van der Waals surface area (Å²) in [6, 6.07) is 18.9. The average molecular weight is 866 g/mol. The second kappa shape index (κ2) is 23.8. The molecule has 8 atom stereocenters. The summed E-state index contributed by atoms with van der Waals surface area (Å²) in [6.45, 7) is 10.8. The standard InChI is InChI=1S/C48H63N7O8/c1-7-29(5)42(47(62)51-34(27-56)24-33-26-50-36-22-16-15-21-35(33)36)55-48(63)43(30(6)8-2)54-45(60)38(25-39(57)58)52-44(59)37(23-28(3)4)53-46(61)41(49)40(31-17-11-9-12-18-31)32-19-13-10-14-20-32/h9-22,26-30,34,37-38,40-43,50H,7-8,23-25,49H2,1-6H3,(H,51,62)(H,52,59)(H,53,61)(H,54,60)(H,55,63)(H,57,58)/t29-,30-,34-,37-,38-,41+,42-,43-/m0/s1. The molecule has 0 aliphatic rings. The molecule has 9 N–H and O–H groups in total. The number of carboxylic acids is 1. The number of aliphatic carboxylic acids is 1. The van der Waals surface area contributed by atoms with E-state index >= 15 is 0 Å². The maximum absolute atomic E-state index is 14.1. The van der Waals surface area contributed by atoms with Crippen molar-refractivity contribution in [1.29, 1.82) is 0 Å². The van der Waals surface area contributed by atoms with Crippen LogP contribution in [0.3, 0.4) is 0 Å². The lowest BCUT2D eigenvalue weighted by Crippen LogP contribution is -2.61. The summed E-state index contributed by atoms with van der Waals surface area (Å²) in [5, 5.41) is 24.2. The van der Waals surface area contributed by atoms with Crippen LogP contribution in [-0.4, -0.2) is 88.1 Å². The van der Waals surface area contributed by atoms with Gasteiger partial charge in [0.25, 0.3) is 0 Å². The van der Waals surface area contributed by atoms with E-state index in [9.17, 15) is 38.7 Å². The highest BCUT2D eigenvalue weighted by molar-refractivity contribution is 5.97. The number of fused-ring (bicyclic) bond motifs is 1. The highest BCUT2D eigenvalue weighted by Gasteiger charge is 2.37. The number of carbonyl (C=O) groups is 7. The van der Waals surface area contributed by atoms with E-state index in [4.69, 9.17) is 5.73 Å². The predicted molar refractivity (Wildman–Crippen MR) is 241 cm³/mol. The highest BCUT2D eigenvalue weighted by atomic mass is 16.4. The minimum Gasteiger partial charge on any atom is -0.481 e. The van der Waals surface area contributed by atoms with Crippen molar-refractivity contribution in [1.82, 2.24) is 31.6 Å². The van der Waals surface area contributed by atoms with Crippen LogP contribution in [0.1, 0.15) is 89.8 Å². The summed E-state index contributed by atoms with van der Waals surface area (Å²) in [4.78, 5) is 97.1. The summed E-state index contributed by atoms with van der Waals surface area (Å²) >= 11 is 0. The molecule has 0 fully saturated rings. The number of amides is 5. The van der Waals surface area contributed by atoms with Crippen LogP contribution >= 0.6 is 0 Å². The Hall–Kier alpha value is -6.35. The Bertz CT molecular complexity index is 2120. The smallest absolute Gasteiger partial charge is 0.305 e. The third kappa shape index (κ3) is 13.8. The fraction of sp³-hybridized carbons (Fsp3) is 0.438. The van der Waals surface area contributed by atoms with Crippen molar-refractivity contribution >= 4 is 52.7 Å². The lowest BCUT2D eigenvalue weighted by atomic mass is 9.85. The first-order valence-electron chi connectivity index (χ1n) is 21.7. The molecule has 0 radical (unpaired) electrons. The second-order valence-corrected chi connectivity index (χ2v) is 16.7. The summed E-state index contributed by atoms with van der Waals surface area (Å²) in [5.41, 5.74) is 9.93. The van der Waals surface area contributed by atoms with Gasteiger partial charge in [-0.05, 0) is 46.9 Å². The zero-order valence-electron chi connectivity index (χ0n) is 36.9. The zero-order valence-corrected chi connectivity index (χ0v) is 36.9. The molecule has 4 aromatic rings.